The van der Waals surface area contributed by atoms with Crippen molar-refractivity contribution in [1.82, 2.24) is 15.5 Å². The maximum atomic E-state index is 11.5. The van der Waals surface area contributed by atoms with Gasteiger partial charge in [-0.25, -0.2) is 0 Å². The molecule has 1 atom stereocenters. The van der Waals surface area contributed by atoms with Crippen molar-refractivity contribution in [1.29, 1.82) is 0 Å². The summed E-state index contributed by atoms with van der Waals surface area (Å²) in [6.07, 6.45) is 0.895. The quantitative estimate of drug-likeness (QED) is 0.512. The number of hydrogen-bond donors (Lipinski definition) is 2. The summed E-state index contributed by atoms with van der Waals surface area (Å²) in [5, 5.41) is 6.48. The monoisotopic (exact) mass is 261 g/mol. The van der Waals surface area contributed by atoms with Crippen LogP contribution in [0.15, 0.2) is 0 Å². The van der Waals surface area contributed by atoms with Gasteiger partial charge in [0, 0.05) is 33.9 Å². The van der Waals surface area contributed by atoms with Gasteiger partial charge < -0.3 is 20.3 Å². The van der Waals surface area contributed by atoms with Crippen LogP contribution in [0.5, 0.6) is 0 Å². The maximum absolute atomic E-state index is 11.5. The minimum Gasteiger partial charge on any atom is -0.382 e. The van der Waals surface area contributed by atoms with E-state index in [0.29, 0.717) is 5.11 Å². The lowest BCUT2D eigenvalue weighted by atomic mass is 10.3. The van der Waals surface area contributed by atoms with Crippen molar-refractivity contribution >= 4 is 23.2 Å². The number of ether oxygens (including phenoxy) is 1. The van der Waals surface area contributed by atoms with Gasteiger partial charge in [0.2, 0.25) is 5.91 Å². The van der Waals surface area contributed by atoms with Crippen LogP contribution in [0.4, 0.5) is 0 Å². The third-order valence-corrected chi connectivity index (χ3v) is 2.38. The molecular formula is C11H23N3O2S. The Bertz CT molecular complexity index is 247. The predicted molar refractivity (Wildman–Crippen MR) is 73.0 cm³/mol. The Labute approximate surface area is 109 Å². The molecule has 0 spiro atoms. The van der Waals surface area contributed by atoms with Crippen LogP contribution in [-0.4, -0.2) is 55.8 Å². The van der Waals surface area contributed by atoms with Gasteiger partial charge in [-0.1, -0.05) is 0 Å². The Morgan fingerprint density at radius 3 is 2.65 bits per heavy atom. The van der Waals surface area contributed by atoms with E-state index < -0.39 is 0 Å². The Hall–Kier alpha value is -0.880. The lowest BCUT2D eigenvalue weighted by molar-refractivity contribution is -0.130. The van der Waals surface area contributed by atoms with E-state index in [-0.39, 0.29) is 11.9 Å². The topological polar surface area (TPSA) is 53.6 Å². The van der Waals surface area contributed by atoms with Crippen LogP contribution in [0.3, 0.4) is 0 Å². The second-order valence-electron chi connectivity index (χ2n) is 3.91. The van der Waals surface area contributed by atoms with Gasteiger partial charge in [0.05, 0.1) is 0 Å². The van der Waals surface area contributed by atoms with Crippen molar-refractivity contribution in [2.24, 2.45) is 0 Å². The van der Waals surface area contributed by atoms with Gasteiger partial charge in [0.25, 0.3) is 0 Å². The lowest BCUT2D eigenvalue weighted by Crippen LogP contribution is -2.48. The average Bonchev–Trinajstić information content (AvgIpc) is 2.27. The van der Waals surface area contributed by atoms with Gasteiger partial charge in [-0.05, 0) is 32.5 Å². The molecule has 5 nitrogen and oxygen atoms in total. The average molecular weight is 261 g/mol. The van der Waals surface area contributed by atoms with Crippen LogP contribution in [0.2, 0.25) is 0 Å². The third kappa shape index (κ3) is 7.93. The van der Waals surface area contributed by atoms with Gasteiger partial charge in [0.1, 0.15) is 6.04 Å². The Morgan fingerprint density at radius 2 is 2.12 bits per heavy atom. The molecule has 6 heteroatoms. The number of likely N-dealkylation sites (N-methyl/N-ethyl adjacent to an activating group) is 1. The van der Waals surface area contributed by atoms with E-state index >= 15 is 0 Å². The molecule has 0 bridgehead atoms. The lowest BCUT2D eigenvalue weighted by Gasteiger charge is -2.19. The fourth-order valence-corrected chi connectivity index (χ4v) is 1.50. The van der Waals surface area contributed by atoms with Gasteiger partial charge in [0.15, 0.2) is 5.11 Å². The molecule has 0 aromatic heterocycles. The van der Waals surface area contributed by atoms with Crippen LogP contribution in [0, 0.1) is 0 Å². The molecule has 0 radical (unpaired) electrons. The maximum Gasteiger partial charge on any atom is 0.244 e. The highest BCUT2D eigenvalue weighted by atomic mass is 32.1. The molecule has 0 aromatic carbocycles. The molecule has 100 valence electrons. The fourth-order valence-electron chi connectivity index (χ4n) is 1.22. The van der Waals surface area contributed by atoms with Crippen molar-refractivity contribution in [3.63, 3.8) is 0 Å². The number of carbonyl (C=O) groups excluding carboxylic acids is 1. The van der Waals surface area contributed by atoms with Crippen LogP contribution < -0.4 is 10.6 Å². The van der Waals surface area contributed by atoms with E-state index in [1.165, 1.54) is 4.90 Å². The first-order chi connectivity index (χ1) is 7.99. The minimum absolute atomic E-state index is 0.00321. The number of thiocarbonyl (C=S) groups is 1. The zero-order chi connectivity index (χ0) is 13.3. The van der Waals surface area contributed by atoms with Gasteiger partial charge in [-0.3, -0.25) is 4.79 Å². The smallest absolute Gasteiger partial charge is 0.244 e. The predicted octanol–water partition coefficient (Wildman–Crippen LogP) is 0.354. The SMILES string of the molecule is CCOCCCNC(=S)NC(C)C(=O)N(C)C. The summed E-state index contributed by atoms with van der Waals surface area (Å²) in [6, 6.07) is -0.308. The number of rotatable bonds is 7. The fraction of sp³-hybridized carbons (Fsp3) is 0.818. The Kier molecular flexibility index (Phi) is 8.71. The van der Waals surface area contributed by atoms with Gasteiger partial charge >= 0.3 is 0 Å². The van der Waals surface area contributed by atoms with E-state index in [2.05, 4.69) is 10.6 Å². The number of carbonyl (C=O) groups is 1. The zero-order valence-corrected chi connectivity index (χ0v) is 11.9. The van der Waals surface area contributed by atoms with E-state index in [4.69, 9.17) is 17.0 Å². The summed E-state index contributed by atoms with van der Waals surface area (Å²) in [5.41, 5.74) is 0. The number of nitrogens with one attached hydrogen (secondary N) is 2. The van der Waals surface area contributed by atoms with Crippen molar-refractivity contribution in [2.75, 3.05) is 33.9 Å². The van der Waals surface area contributed by atoms with Crippen molar-refractivity contribution in [2.45, 2.75) is 26.3 Å². The molecule has 1 unspecified atom stereocenters. The standard InChI is InChI=1S/C11H23N3O2S/c1-5-16-8-6-7-12-11(17)13-9(2)10(15)14(3)4/h9H,5-8H2,1-4H3,(H2,12,13,17). The summed E-state index contributed by atoms with van der Waals surface area (Å²) in [7, 11) is 3.44. The molecule has 0 fully saturated rings. The summed E-state index contributed by atoms with van der Waals surface area (Å²) >= 11 is 5.08. The second-order valence-corrected chi connectivity index (χ2v) is 4.31. The zero-order valence-electron chi connectivity index (χ0n) is 11.1. The minimum atomic E-state index is -0.308. The molecule has 0 rings (SSSR count). The molecule has 0 aliphatic rings. The van der Waals surface area contributed by atoms with E-state index in [1.807, 2.05) is 6.92 Å². The molecule has 17 heavy (non-hydrogen) atoms. The van der Waals surface area contributed by atoms with Crippen LogP contribution in [0.25, 0.3) is 0 Å². The van der Waals surface area contributed by atoms with Crippen molar-refractivity contribution < 1.29 is 9.53 Å². The molecular weight excluding hydrogens is 238 g/mol. The van der Waals surface area contributed by atoms with Crippen LogP contribution in [0.1, 0.15) is 20.3 Å². The summed E-state index contributed by atoms with van der Waals surface area (Å²) in [4.78, 5) is 13.1. The van der Waals surface area contributed by atoms with E-state index in [0.717, 1.165) is 26.2 Å². The van der Waals surface area contributed by atoms with Crippen LogP contribution >= 0.6 is 12.2 Å². The number of amides is 1. The molecule has 0 saturated heterocycles. The summed E-state index contributed by atoms with van der Waals surface area (Å²) in [6.45, 7) is 5.95. The third-order valence-electron chi connectivity index (χ3n) is 2.11. The molecule has 0 aliphatic heterocycles. The molecule has 0 aromatic rings. The van der Waals surface area contributed by atoms with Crippen molar-refractivity contribution in [3.05, 3.63) is 0 Å². The van der Waals surface area contributed by atoms with Gasteiger partial charge in [-0.15, -0.1) is 0 Å². The molecule has 1 amide bonds. The highest BCUT2D eigenvalue weighted by Gasteiger charge is 2.14. The summed E-state index contributed by atoms with van der Waals surface area (Å²) in [5.74, 6) is 0.00321. The second kappa shape index (κ2) is 9.18. The highest BCUT2D eigenvalue weighted by Crippen LogP contribution is 1.88. The molecule has 0 heterocycles. The van der Waals surface area contributed by atoms with E-state index in [9.17, 15) is 4.79 Å². The molecule has 0 aliphatic carbocycles. The Morgan fingerprint density at radius 1 is 1.47 bits per heavy atom. The first-order valence-electron chi connectivity index (χ1n) is 5.82. The normalized spacial score (nSPS) is 11.8. The Balaban J connectivity index is 3.68. The first-order valence-corrected chi connectivity index (χ1v) is 6.23. The van der Waals surface area contributed by atoms with Crippen molar-refractivity contribution in [3.8, 4) is 0 Å². The first kappa shape index (κ1) is 16.1. The number of nitrogens with zero attached hydrogens (tertiary/aromatic N) is 1. The molecule has 2 N–H and O–H groups in total. The molecule has 0 saturated carbocycles. The summed E-state index contributed by atoms with van der Waals surface area (Å²) < 4.78 is 5.20. The van der Waals surface area contributed by atoms with Crippen LogP contribution in [-0.2, 0) is 9.53 Å². The van der Waals surface area contributed by atoms with Gasteiger partial charge in [-0.2, -0.15) is 0 Å². The highest BCUT2D eigenvalue weighted by molar-refractivity contribution is 7.80. The van der Waals surface area contributed by atoms with E-state index in [1.54, 1.807) is 21.0 Å². The number of hydrogen-bond acceptors (Lipinski definition) is 3. The largest absolute Gasteiger partial charge is 0.382 e.